The van der Waals surface area contributed by atoms with Crippen LogP contribution in [0.2, 0.25) is 0 Å². The Bertz CT molecular complexity index is 1050. The van der Waals surface area contributed by atoms with E-state index < -0.39 is 0 Å². The quantitative estimate of drug-likeness (QED) is 0.667. The zero-order valence-electron chi connectivity index (χ0n) is 17.4. The van der Waals surface area contributed by atoms with Crippen molar-refractivity contribution in [1.82, 2.24) is 14.9 Å². The van der Waals surface area contributed by atoms with Gasteiger partial charge in [0.2, 0.25) is 0 Å². The second-order valence-corrected chi connectivity index (χ2v) is 9.54. The number of Topliss-reactive ketones (excluding diaryl/α,β-unsaturated/α-hetero) is 1. The maximum atomic E-state index is 11.6. The number of carbonyl (C=O) groups is 1. The number of thiophene rings is 1. The van der Waals surface area contributed by atoms with Gasteiger partial charge in [0.1, 0.15) is 22.8 Å². The molecule has 0 unspecified atom stereocenters. The van der Waals surface area contributed by atoms with Crippen LogP contribution < -0.4 is 5.32 Å². The molecule has 1 aliphatic carbocycles. The van der Waals surface area contributed by atoms with Crippen LogP contribution in [0.1, 0.15) is 38.2 Å². The van der Waals surface area contributed by atoms with Gasteiger partial charge in [-0.1, -0.05) is 6.07 Å². The molecule has 0 bridgehead atoms. The molecule has 0 atom stereocenters. The summed E-state index contributed by atoms with van der Waals surface area (Å²) in [4.78, 5) is 24.3. The van der Waals surface area contributed by atoms with Gasteiger partial charge in [-0.25, -0.2) is 9.97 Å². The van der Waals surface area contributed by atoms with Crippen LogP contribution >= 0.6 is 11.3 Å². The van der Waals surface area contributed by atoms with Gasteiger partial charge in [-0.15, -0.1) is 11.3 Å². The average molecular weight is 425 g/mol. The number of benzene rings is 1. The van der Waals surface area contributed by atoms with Gasteiger partial charge in [-0.2, -0.15) is 0 Å². The molecule has 1 saturated carbocycles. The minimum Gasteiger partial charge on any atom is -0.379 e. The normalized spacial score (nSPS) is 23.1. The van der Waals surface area contributed by atoms with Crippen LogP contribution in [-0.2, 0) is 16.0 Å². The molecule has 0 radical (unpaired) electrons. The summed E-state index contributed by atoms with van der Waals surface area (Å²) in [6.07, 6.45) is 6.89. The van der Waals surface area contributed by atoms with Crippen molar-refractivity contribution in [2.24, 2.45) is 0 Å². The molecule has 1 N–H and O–H groups in total. The van der Waals surface area contributed by atoms with Crippen LogP contribution in [-0.4, -0.2) is 59.0 Å². The Balaban J connectivity index is 1.36. The lowest BCUT2D eigenvalue weighted by Gasteiger charge is -2.39. The van der Waals surface area contributed by atoms with Gasteiger partial charge in [0, 0.05) is 41.7 Å². The fourth-order valence-corrected chi connectivity index (χ4v) is 5.91. The van der Waals surface area contributed by atoms with E-state index in [0.717, 1.165) is 66.1 Å². The highest BCUT2D eigenvalue weighted by atomic mass is 32.1. The molecule has 0 amide bonds. The summed E-state index contributed by atoms with van der Waals surface area (Å²) in [5.41, 5.74) is 1.05. The van der Waals surface area contributed by atoms with Crippen LogP contribution in [0.4, 0.5) is 5.82 Å². The second-order valence-electron chi connectivity index (χ2n) is 8.51. The largest absolute Gasteiger partial charge is 0.379 e. The molecule has 5 rings (SSSR count). The molecule has 158 valence electrons. The summed E-state index contributed by atoms with van der Waals surface area (Å²) >= 11 is 1.69. The third kappa shape index (κ3) is 4.06. The maximum Gasteiger partial charge on any atom is 0.139 e. The number of carbonyl (C=O) groups excluding carboxylic acids is 1. The first-order chi connectivity index (χ1) is 14.7. The number of fused-ring (bicyclic) bond motifs is 3. The van der Waals surface area contributed by atoms with Crippen LogP contribution in [0.15, 0.2) is 24.5 Å². The smallest absolute Gasteiger partial charge is 0.139 e. The standard InChI is InChI=1S/C23H28N4O2S/c1-15(28)12-16-2-7-20-19(13-16)21-22(24-14-25-23(21)30-20)26-17-3-5-18(6-4-17)27-8-10-29-11-9-27/h2,7,13-14,17-18H,3-6,8-12H2,1H3,(H,24,25,26). The van der Waals surface area contributed by atoms with E-state index in [9.17, 15) is 4.79 Å². The molecule has 6 nitrogen and oxygen atoms in total. The minimum atomic E-state index is 0.181. The monoisotopic (exact) mass is 424 g/mol. The van der Waals surface area contributed by atoms with Gasteiger partial charge in [0.15, 0.2) is 0 Å². The lowest BCUT2D eigenvalue weighted by atomic mass is 9.90. The molecule has 1 saturated heterocycles. The van der Waals surface area contributed by atoms with Crippen molar-refractivity contribution in [2.75, 3.05) is 31.6 Å². The number of nitrogens with one attached hydrogen (secondary N) is 1. The third-order valence-electron chi connectivity index (χ3n) is 6.39. The molecule has 1 aromatic carbocycles. The Morgan fingerprint density at radius 3 is 2.77 bits per heavy atom. The van der Waals surface area contributed by atoms with E-state index in [-0.39, 0.29) is 5.78 Å². The van der Waals surface area contributed by atoms with E-state index in [1.165, 1.54) is 17.5 Å². The van der Waals surface area contributed by atoms with Gasteiger partial charge < -0.3 is 10.1 Å². The number of aromatic nitrogens is 2. The molecule has 2 aromatic heterocycles. The summed E-state index contributed by atoms with van der Waals surface area (Å²) in [7, 11) is 0. The van der Waals surface area contributed by atoms with Crippen LogP contribution in [0.5, 0.6) is 0 Å². The number of anilines is 1. The second kappa shape index (κ2) is 8.57. The first-order valence-electron chi connectivity index (χ1n) is 10.9. The zero-order chi connectivity index (χ0) is 20.5. The molecule has 30 heavy (non-hydrogen) atoms. The molecule has 1 aliphatic heterocycles. The van der Waals surface area contributed by atoms with Crippen LogP contribution in [0.3, 0.4) is 0 Å². The van der Waals surface area contributed by atoms with Crippen molar-refractivity contribution in [3.05, 3.63) is 30.1 Å². The van der Waals surface area contributed by atoms with Gasteiger partial charge >= 0.3 is 0 Å². The van der Waals surface area contributed by atoms with Crippen LogP contribution in [0, 0.1) is 0 Å². The predicted molar refractivity (Wildman–Crippen MR) is 121 cm³/mol. The van der Waals surface area contributed by atoms with Crippen molar-refractivity contribution >= 4 is 43.2 Å². The van der Waals surface area contributed by atoms with Gasteiger partial charge in [-0.05, 0) is 50.3 Å². The Kier molecular flexibility index (Phi) is 5.67. The number of rotatable bonds is 5. The average Bonchev–Trinajstić information content (AvgIpc) is 3.13. The summed E-state index contributed by atoms with van der Waals surface area (Å²) < 4.78 is 6.69. The number of ether oxygens (including phenoxy) is 1. The van der Waals surface area contributed by atoms with Crippen LogP contribution in [0.25, 0.3) is 20.3 Å². The van der Waals surface area contributed by atoms with Crippen molar-refractivity contribution in [2.45, 2.75) is 51.1 Å². The lowest BCUT2D eigenvalue weighted by molar-refractivity contribution is -0.116. The van der Waals surface area contributed by atoms with Crippen molar-refractivity contribution < 1.29 is 9.53 Å². The van der Waals surface area contributed by atoms with Gasteiger partial charge in [0.25, 0.3) is 0 Å². The van der Waals surface area contributed by atoms with E-state index in [1.54, 1.807) is 24.6 Å². The molecular formula is C23H28N4O2S. The van der Waals surface area contributed by atoms with E-state index in [0.29, 0.717) is 18.5 Å². The van der Waals surface area contributed by atoms with Crippen molar-refractivity contribution in [3.63, 3.8) is 0 Å². The van der Waals surface area contributed by atoms with Gasteiger partial charge in [-0.3, -0.25) is 9.69 Å². The fraction of sp³-hybridized carbons (Fsp3) is 0.522. The highest BCUT2D eigenvalue weighted by Gasteiger charge is 2.27. The summed E-state index contributed by atoms with van der Waals surface area (Å²) in [5.74, 6) is 1.11. The summed E-state index contributed by atoms with van der Waals surface area (Å²) in [6, 6.07) is 7.42. The molecule has 3 heterocycles. The van der Waals surface area contributed by atoms with E-state index in [1.807, 2.05) is 6.07 Å². The SMILES string of the molecule is CC(=O)Cc1ccc2sc3ncnc(NC4CCC(N5CCOCC5)CC4)c3c2c1. The highest BCUT2D eigenvalue weighted by molar-refractivity contribution is 7.25. The minimum absolute atomic E-state index is 0.181. The van der Waals surface area contributed by atoms with E-state index in [4.69, 9.17) is 4.74 Å². The number of morpholine rings is 1. The van der Waals surface area contributed by atoms with Crippen molar-refractivity contribution in [3.8, 4) is 0 Å². The summed E-state index contributed by atoms with van der Waals surface area (Å²) in [6.45, 7) is 5.51. The number of hydrogen-bond acceptors (Lipinski definition) is 7. The Hall–Kier alpha value is -2.09. The predicted octanol–water partition coefficient (Wildman–Crippen LogP) is 4.03. The Morgan fingerprint density at radius 1 is 1.20 bits per heavy atom. The Morgan fingerprint density at radius 2 is 2.00 bits per heavy atom. The van der Waals surface area contributed by atoms with E-state index in [2.05, 4.69) is 32.3 Å². The topological polar surface area (TPSA) is 67.4 Å². The highest BCUT2D eigenvalue weighted by Crippen LogP contribution is 2.37. The number of hydrogen-bond donors (Lipinski definition) is 1. The molecular weight excluding hydrogens is 396 g/mol. The first kappa shape index (κ1) is 19.8. The molecule has 2 fully saturated rings. The van der Waals surface area contributed by atoms with Gasteiger partial charge in [0.05, 0.1) is 18.6 Å². The zero-order valence-corrected chi connectivity index (χ0v) is 18.2. The lowest BCUT2D eigenvalue weighted by Crippen LogP contribution is -2.46. The number of ketones is 1. The van der Waals surface area contributed by atoms with Crippen molar-refractivity contribution in [1.29, 1.82) is 0 Å². The third-order valence-corrected chi connectivity index (χ3v) is 7.46. The Labute approximate surface area is 180 Å². The molecule has 3 aromatic rings. The number of nitrogens with zero attached hydrogens (tertiary/aromatic N) is 3. The summed E-state index contributed by atoms with van der Waals surface area (Å²) in [5, 5.41) is 5.98. The van der Waals surface area contributed by atoms with E-state index >= 15 is 0 Å². The molecule has 0 spiro atoms. The first-order valence-corrected chi connectivity index (χ1v) is 11.7. The fourth-order valence-electron chi connectivity index (χ4n) is 4.88. The maximum absolute atomic E-state index is 11.6. The molecule has 7 heteroatoms. The molecule has 2 aliphatic rings.